The molecule has 0 aromatic heterocycles. The Hall–Kier alpha value is -0.220. The van der Waals surface area contributed by atoms with Crippen molar-refractivity contribution in [2.75, 3.05) is 19.4 Å². The van der Waals surface area contributed by atoms with Crippen LogP contribution in [0, 0.1) is 0 Å². The van der Waals surface area contributed by atoms with Crippen molar-refractivity contribution in [3.05, 3.63) is 0 Å². The summed E-state index contributed by atoms with van der Waals surface area (Å²) in [5, 5.41) is 4.44. The lowest BCUT2D eigenvalue weighted by atomic mass is 10.00. The molecule has 0 aliphatic carbocycles. The van der Waals surface area contributed by atoms with Gasteiger partial charge in [-0.15, -0.1) is 0 Å². The molecule has 74 valence electrons. The van der Waals surface area contributed by atoms with E-state index in [0.717, 1.165) is 30.4 Å². The summed E-state index contributed by atoms with van der Waals surface area (Å²) in [5.41, 5.74) is -0.0711. The van der Waals surface area contributed by atoms with Gasteiger partial charge in [-0.25, -0.2) is 0 Å². The number of hydrogen-bond donors (Lipinski definition) is 1. The summed E-state index contributed by atoms with van der Waals surface area (Å²) in [6, 6.07) is 0. The summed E-state index contributed by atoms with van der Waals surface area (Å²) in [6.07, 6.45) is 4.72. The van der Waals surface area contributed by atoms with Crippen LogP contribution in [0.25, 0.3) is 0 Å². The second-order valence-electron chi connectivity index (χ2n) is 3.55. The Kier molecular flexibility index (Phi) is 2.79. The smallest absolute Gasteiger partial charge is 0.158 e. The highest BCUT2D eigenvalue weighted by atomic mass is 32.2. The number of nitrogens with zero attached hydrogens (tertiary/aromatic N) is 1. The van der Waals surface area contributed by atoms with E-state index in [1.807, 2.05) is 7.05 Å². The molecule has 13 heavy (non-hydrogen) atoms. The van der Waals surface area contributed by atoms with Crippen molar-refractivity contribution < 1.29 is 4.74 Å². The maximum Gasteiger partial charge on any atom is 0.158 e. The zero-order valence-corrected chi connectivity index (χ0v) is 8.82. The first-order chi connectivity index (χ1) is 6.35. The number of amidine groups is 1. The Labute approximate surface area is 83.3 Å². The van der Waals surface area contributed by atoms with Crippen LogP contribution in [0.3, 0.4) is 0 Å². The minimum Gasteiger partial charge on any atom is -0.356 e. The van der Waals surface area contributed by atoms with Crippen LogP contribution < -0.4 is 5.32 Å². The molecule has 0 amide bonds. The largest absolute Gasteiger partial charge is 0.356 e. The predicted octanol–water partition coefficient (Wildman–Crippen LogP) is 1.60. The lowest BCUT2D eigenvalue weighted by molar-refractivity contribution is -0.0910. The highest BCUT2D eigenvalue weighted by molar-refractivity contribution is 8.13. The number of hydrogen-bond acceptors (Lipinski definition) is 3. The maximum absolute atomic E-state index is 5.83. The van der Waals surface area contributed by atoms with Gasteiger partial charge < -0.3 is 10.1 Å². The summed E-state index contributed by atoms with van der Waals surface area (Å²) < 4.78 is 5.83. The van der Waals surface area contributed by atoms with Crippen LogP contribution in [0.4, 0.5) is 0 Å². The first-order valence-electron chi connectivity index (χ1n) is 4.86. The molecule has 0 radical (unpaired) electrons. The molecule has 2 rings (SSSR count). The minimum absolute atomic E-state index is 0.0711. The normalized spacial score (nSPS) is 37.8. The van der Waals surface area contributed by atoms with Crippen molar-refractivity contribution in [2.45, 2.75) is 31.4 Å². The lowest BCUT2D eigenvalue weighted by Gasteiger charge is -2.41. The van der Waals surface area contributed by atoms with E-state index in [9.17, 15) is 0 Å². The monoisotopic (exact) mass is 200 g/mol. The van der Waals surface area contributed by atoms with Crippen molar-refractivity contribution in [3.63, 3.8) is 0 Å². The molecule has 0 aromatic carbocycles. The molecular formula is C9H16N2OS. The van der Waals surface area contributed by atoms with Gasteiger partial charge in [0.15, 0.2) is 5.17 Å². The average Bonchev–Trinajstić information content (AvgIpc) is 2.19. The Bertz CT molecular complexity index is 206. The van der Waals surface area contributed by atoms with Gasteiger partial charge in [0, 0.05) is 25.8 Å². The van der Waals surface area contributed by atoms with E-state index in [1.54, 1.807) is 11.8 Å². The van der Waals surface area contributed by atoms with Gasteiger partial charge in [0.25, 0.3) is 0 Å². The summed E-state index contributed by atoms with van der Waals surface area (Å²) in [5.74, 6) is 1.12. The van der Waals surface area contributed by atoms with Crippen LogP contribution in [-0.4, -0.2) is 30.3 Å². The number of thioether (sulfide) groups is 1. The van der Waals surface area contributed by atoms with Crippen molar-refractivity contribution >= 4 is 16.9 Å². The van der Waals surface area contributed by atoms with E-state index in [-0.39, 0.29) is 5.72 Å². The van der Waals surface area contributed by atoms with Crippen LogP contribution in [0.5, 0.6) is 0 Å². The topological polar surface area (TPSA) is 33.6 Å². The highest BCUT2D eigenvalue weighted by Crippen LogP contribution is 2.31. The van der Waals surface area contributed by atoms with Crippen molar-refractivity contribution in [2.24, 2.45) is 4.99 Å². The molecule has 1 unspecified atom stereocenters. The summed E-state index contributed by atoms with van der Waals surface area (Å²) in [4.78, 5) is 4.19. The van der Waals surface area contributed by atoms with E-state index in [4.69, 9.17) is 4.74 Å². The second-order valence-corrected chi connectivity index (χ2v) is 4.64. The molecule has 2 aliphatic rings. The molecule has 4 heteroatoms. The average molecular weight is 200 g/mol. The molecule has 1 atom stereocenters. The fourth-order valence-corrected chi connectivity index (χ4v) is 2.89. The fraction of sp³-hybridized carbons (Fsp3) is 0.889. The van der Waals surface area contributed by atoms with Crippen LogP contribution in [0.2, 0.25) is 0 Å². The third kappa shape index (κ3) is 1.99. The lowest BCUT2D eigenvalue weighted by Crippen LogP contribution is -2.54. The molecular weight excluding hydrogens is 184 g/mol. The molecule has 2 saturated heterocycles. The van der Waals surface area contributed by atoms with E-state index in [0.29, 0.717) is 0 Å². The van der Waals surface area contributed by atoms with Gasteiger partial charge in [0.1, 0.15) is 5.72 Å². The fourth-order valence-electron chi connectivity index (χ4n) is 1.87. The standard InChI is InChI=1S/C9H16N2OS/c1-10-8-11-9(5-7-13-8)4-2-3-6-12-9/h2-7H2,1H3,(H,10,11). The van der Waals surface area contributed by atoms with Crippen LogP contribution in [0.1, 0.15) is 25.7 Å². The van der Waals surface area contributed by atoms with Crippen molar-refractivity contribution in [1.82, 2.24) is 5.32 Å². The number of aliphatic imine (C=N–C) groups is 1. The van der Waals surface area contributed by atoms with Crippen molar-refractivity contribution in [1.29, 1.82) is 0 Å². The van der Waals surface area contributed by atoms with Crippen molar-refractivity contribution in [3.8, 4) is 0 Å². The highest BCUT2D eigenvalue weighted by Gasteiger charge is 2.36. The van der Waals surface area contributed by atoms with Gasteiger partial charge in [-0.05, 0) is 19.3 Å². The van der Waals surface area contributed by atoms with E-state index in [2.05, 4.69) is 10.3 Å². The third-order valence-electron chi connectivity index (χ3n) is 2.64. The van der Waals surface area contributed by atoms with Crippen LogP contribution in [-0.2, 0) is 4.74 Å². The Morgan fingerprint density at radius 3 is 3.08 bits per heavy atom. The predicted molar refractivity (Wildman–Crippen MR) is 56.1 cm³/mol. The Morgan fingerprint density at radius 2 is 2.38 bits per heavy atom. The zero-order chi connectivity index (χ0) is 9.15. The quantitative estimate of drug-likeness (QED) is 0.645. The Balaban J connectivity index is 2.04. The molecule has 0 aromatic rings. The minimum atomic E-state index is -0.0711. The van der Waals surface area contributed by atoms with Gasteiger partial charge in [-0.3, -0.25) is 4.99 Å². The zero-order valence-electron chi connectivity index (χ0n) is 8.01. The van der Waals surface area contributed by atoms with E-state index in [1.165, 1.54) is 12.8 Å². The van der Waals surface area contributed by atoms with Gasteiger partial charge in [-0.2, -0.15) is 0 Å². The molecule has 1 N–H and O–H groups in total. The van der Waals surface area contributed by atoms with Gasteiger partial charge >= 0.3 is 0 Å². The summed E-state index contributed by atoms with van der Waals surface area (Å²) >= 11 is 1.79. The van der Waals surface area contributed by atoms with Gasteiger partial charge in [0.05, 0.1) is 0 Å². The molecule has 1 spiro atoms. The first-order valence-corrected chi connectivity index (χ1v) is 5.85. The van der Waals surface area contributed by atoms with Crippen LogP contribution >= 0.6 is 11.8 Å². The third-order valence-corrected chi connectivity index (χ3v) is 3.60. The molecule has 2 fully saturated rings. The van der Waals surface area contributed by atoms with Crippen LogP contribution in [0.15, 0.2) is 4.99 Å². The maximum atomic E-state index is 5.83. The first kappa shape index (κ1) is 9.34. The second kappa shape index (κ2) is 3.88. The summed E-state index contributed by atoms with van der Waals surface area (Å²) in [6.45, 7) is 0.897. The van der Waals surface area contributed by atoms with Gasteiger partial charge in [-0.1, -0.05) is 11.8 Å². The summed E-state index contributed by atoms with van der Waals surface area (Å²) in [7, 11) is 1.83. The van der Waals surface area contributed by atoms with Gasteiger partial charge in [0.2, 0.25) is 0 Å². The number of rotatable bonds is 0. The molecule has 3 nitrogen and oxygen atoms in total. The molecule has 0 saturated carbocycles. The molecule has 2 heterocycles. The molecule has 2 aliphatic heterocycles. The molecule has 0 bridgehead atoms. The number of ether oxygens (including phenoxy) is 1. The van der Waals surface area contributed by atoms with E-state index < -0.39 is 0 Å². The SMILES string of the molecule is CN=C1NC2(CCCCO2)CCS1. The number of nitrogens with one attached hydrogen (secondary N) is 1. The Morgan fingerprint density at radius 1 is 1.46 bits per heavy atom. The van der Waals surface area contributed by atoms with E-state index >= 15 is 0 Å².